The SMILES string of the molecule is c1ccc(-c2cccc3c2ccn3-c2cccnc2)cc1. The van der Waals surface area contributed by atoms with E-state index in [1.807, 2.05) is 18.3 Å². The molecule has 4 aromatic rings. The Hall–Kier alpha value is -2.87. The quantitative estimate of drug-likeness (QED) is 0.516. The molecule has 0 amide bonds. The van der Waals surface area contributed by atoms with Crippen LogP contribution >= 0.6 is 0 Å². The highest BCUT2D eigenvalue weighted by molar-refractivity contribution is 5.96. The number of hydrogen-bond donors (Lipinski definition) is 0. The van der Waals surface area contributed by atoms with E-state index < -0.39 is 0 Å². The van der Waals surface area contributed by atoms with Crippen LogP contribution < -0.4 is 0 Å². The van der Waals surface area contributed by atoms with Crippen molar-refractivity contribution in [3.63, 3.8) is 0 Å². The van der Waals surface area contributed by atoms with E-state index in [0.717, 1.165) is 5.69 Å². The minimum Gasteiger partial charge on any atom is -0.315 e. The second-order valence-electron chi connectivity index (χ2n) is 5.00. The standard InChI is InChI=1S/C19H14N2/c1-2-6-15(7-3-1)17-9-4-10-19-18(17)11-13-21(19)16-8-5-12-20-14-16/h1-14H. The molecule has 2 heteroatoms. The maximum Gasteiger partial charge on any atom is 0.0639 e. The summed E-state index contributed by atoms with van der Waals surface area (Å²) in [4.78, 5) is 4.21. The molecule has 0 fully saturated rings. The highest BCUT2D eigenvalue weighted by Gasteiger charge is 2.08. The summed E-state index contributed by atoms with van der Waals surface area (Å²) in [6, 6.07) is 23.1. The molecular formula is C19H14N2. The minimum atomic E-state index is 1.08. The Balaban J connectivity index is 1.96. The summed E-state index contributed by atoms with van der Waals surface area (Å²) in [6.07, 6.45) is 5.79. The molecule has 2 aromatic carbocycles. The molecule has 0 N–H and O–H groups in total. The van der Waals surface area contributed by atoms with Crippen LogP contribution in [-0.4, -0.2) is 9.55 Å². The van der Waals surface area contributed by atoms with Crippen LogP contribution in [0.3, 0.4) is 0 Å². The third-order valence-corrected chi connectivity index (χ3v) is 3.74. The first kappa shape index (κ1) is 11.9. The van der Waals surface area contributed by atoms with Crippen LogP contribution in [0.2, 0.25) is 0 Å². The van der Waals surface area contributed by atoms with Crippen molar-refractivity contribution in [3.05, 3.63) is 85.3 Å². The first-order valence-electron chi connectivity index (χ1n) is 6.99. The zero-order chi connectivity index (χ0) is 14.1. The molecule has 2 nitrogen and oxygen atoms in total. The van der Waals surface area contributed by atoms with Crippen molar-refractivity contribution in [2.24, 2.45) is 0 Å². The molecule has 21 heavy (non-hydrogen) atoms. The number of aromatic nitrogens is 2. The first-order valence-corrected chi connectivity index (χ1v) is 6.99. The molecule has 0 aliphatic carbocycles. The molecule has 0 aliphatic rings. The molecule has 0 unspecified atom stereocenters. The number of pyridine rings is 1. The maximum atomic E-state index is 4.21. The second kappa shape index (κ2) is 4.91. The van der Waals surface area contributed by atoms with Gasteiger partial charge >= 0.3 is 0 Å². The summed E-state index contributed by atoms with van der Waals surface area (Å²) in [5.41, 5.74) is 4.78. The van der Waals surface area contributed by atoms with Crippen LogP contribution in [0.1, 0.15) is 0 Å². The zero-order valence-electron chi connectivity index (χ0n) is 11.5. The highest BCUT2D eigenvalue weighted by atomic mass is 15.0. The zero-order valence-corrected chi connectivity index (χ0v) is 11.5. The Bertz CT molecular complexity index is 877. The van der Waals surface area contributed by atoms with E-state index in [1.165, 1.54) is 22.0 Å². The van der Waals surface area contributed by atoms with Gasteiger partial charge in [0.1, 0.15) is 0 Å². The van der Waals surface area contributed by atoms with Gasteiger partial charge in [0, 0.05) is 17.8 Å². The predicted octanol–water partition coefficient (Wildman–Crippen LogP) is 4.69. The van der Waals surface area contributed by atoms with E-state index in [9.17, 15) is 0 Å². The van der Waals surface area contributed by atoms with Gasteiger partial charge in [-0.15, -0.1) is 0 Å². The Labute approximate surface area is 123 Å². The van der Waals surface area contributed by atoms with Crippen molar-refractivity contribution < 1.29 is 0 Å². The van der Waals surface area contributed by atoms with Crippen LogP contribution in [-0.2, 0) is 0 Å². The summed E-state index contributed by atoms with van der Waals surface area (Å²) in [5, 5.41) is 1.26. The lowest BCUT2D eigenvalue weighted by molar-refractivity contribution is 1.10. The van der Waals surface area contributed by atoms with Gasteiger partial charge in [-0.25, -0.2) is 0 Å². The lowest BCUT2D eigenvalue weighted by Gasteiger charge is -2.07. The molecule has 0 atom stereocenters. The molecule has 2 heterocycles. The first-order chi connectivity index (χ1) is 10.4. The second-order valence-corrected chi connectivity index (χ2v) is 5.00. The van der Waals surface area contributed by atoms with Crippen molar-refractivity contribution in [2.75, 3.05) is 0 Å². The topological polar surface area (TPSA) is 17.8 Å². The molecule has 100 valence electrons. The van der Waals surface area contributed by atoms with E-state index in [0.29, 0.717) is 0 Å². The third-order valence-electron chi connectivity index (χ3n) is 3.74. The van der Waals surface area contributed by atoms with Gasteiger partial charge < -0.3 is 4.57 Å². The fourth-order valence-electron chi connectivity index (χ4n) is 2.76. The van der Waals surface area contributed by atoms with E-state index in [2.05, 4.69) is 70.3 Å². The van der Waals surface area contributed by atoms with Crippen molar-refractivity contribution in [1.29, 1.82) is 0 Å². The van der Waals surface area contributed by atoms with Crippen LogP contribution in [0, 0.1) is 0 Å². The number of rotatable bonds is 2. The summed E-state index contributed by atoms with van der Waals surface area (Å²) in [5.74, 6) is 0. The molecule has 4 rings (SSSR count). The van der Waals surface area contributed by atoms with Crippen molar-refractivity contribution >= 4 is 10.9 Å². The monoisotopic (exact) mass is 270 g/mol. The molecule has 0 radical (unpaired) electrons. The smallest absolute Gasteiger partial charge is 0.0639 e. The van der Waals surface area contributed by atoms with Gasteiger partial charge in [0.2, 0.25) is 0 Å². The summed E-state index contributed by atoms with van der Waals surface area (Å²) >= 11 is 0. The van der Waals surface area contributed by atoms with E-state index in [-0.39, 0.29) is 0 Å². The Morgan fingerprint density at radius 1 is 0.762 bits per heavy atom. The largest absolute Gasteiger partial charge is 0.315 e. The lowest BCUT2D eigenvalue weighted by atomic mass is 10.0. The van der Waals surface area contributed by atoms with Gasteiger partial charge in [-0.05, 0) is 35.4 Å². The van der Waals surface area contributed by atoms with Crippen LogP contribution in [0.4, 0.5) is 0 Å². The number of benzene rings is 2. The number of fused-ring (bicyclic) bond motifs is 1. The third kappa shape index (κ3) is 2.01. The van der Waals surface area contributed by atoms with Crippen LogP contribution in [0.25, 0.3) is 27.7 Å². The van der Waals surface area contributed by atoms with Gasteiger partial charge in [0.15, 0.2) is 0 Å². The molecular weight excluding hydrogens is 256 g/mol. The van der Waals surface area contributed by atoms with E-state index in [4.69, 9.17) is 0 Å². The Morgan fingerprint density at radius 3 is 2.48 bits per heavy atom. The average molecular weight is 270 g/mol. The van der Waals surface area contributed by atoms with E-state index in [1.54, 1.807) is 6.20 Å². The van der Waals surface area contributed by atoms with Gasteiger partial charge in [-0.1, -0.05) is 42.5 Å². The Morgan fingerprint density at radius 2 is 1.67 bits per heavy atom. The fraction of sp³-hybridized carbons (Fsp3) is 0. The molecule has 2 aromatic heterocycles. The van der Waals surface area contributed by atoms with Crippen molar-refractivity contribution in [3.8, 4) is 16.8 Å². The van der Waals surface area contributed by atoms with Crippen LogP contribution in [0.5, 0.6) is 0 Å². The van der Waals surface area contributed by atoms with Gasteiger partial charge in [0.25, 0.3) is 0 Å². The summed E-state index contributed by atoms with van der Waals surface area (Å²) < 4.78 is 2.18. The number of hydrogen-bond acceptors (Lipinski definition) is 1. The van der Waals surface area contributed by atoms with Crippen molar-refractivity contribution in [1.82, 2.24) is 9.55 Å². The highest BCUT2D eigenvalue weighted by Crippen LogP contribution is 2.30. The lowest BCUT2D eigenvalue weighted by Crippen LogP contribution is -1.92. The number of nitrogens with zero attached hydrogens (tertiary/aromatic N) is 2. The van der Waals surface area contributed by atoms with Crippen LogP contribution in [0.15, 0.2) is 85.3 Å². The molecule has 0 aliphatic heterocycles. The van der Waals surface area contributed by atoms with Gasteiger partial charge in [-0.3, -0.25) is 4.98 Å². The molecule has 0 bridgehead atoms. The summed E-state index contributed by atoms with van der Waals surface area (Å²) in [6.45, 7) is 0. The van der Waals surface area contributed by atoms with Crippen molar-refractivity contribution in [2.45, 2.75) is 0 Å². The molecule has 0 spiro atoms. The predicted molar refractivity (Wildman–Crippen MR) is 86.5 cm³/mol. The summed E-state index contributed by atoms with van der Waals surface area (Å²) in [7, 11) is 0. The minimum absolute atomic E-state index is 1.08. The Kier molecular flexibility index (Phi) is 2.79. The van der Waals surface area contributed by atoms with E-state index >= 15 is 0 Å². The van der Waals surface area contributed by atoms with Gasteiger partial charge in [-0.2, -0.15) is 0 Å². The maximum absolute atomic E-state index is 4.21. The molecule has 0 saturated heterocycles. The molecule has 0 saturated carbocycles. The van der Waals surface area contributed by atoms with Gasteiger partial charge in [0.05, 0.1) is 17.4 Å². The fourth-order valence-corrected chi connectivity index (χ4v) is 2.76. The normalized spacial score (nSPS) is 10.9. The average Bonchev–Trinajstić information content (AvgIpc) is 3.00.